The van der Waals surface area contributed by atoms with E-state index in [2.05, 4.69) is 17.1 Å². The van der Waals surface area contributed by atoms with Crippen molar-refractivity contribution in [1.82, 2.24) is 4.90 Å². The number of amides is 2. The number of nitrogens with zero attached hydrogens (tertiary/aromatic N) is 1. The zero-order valence-corrected chi connectivity index (χ0v) is 17.8. The summed E-state index contributed by atoms with van der Waals surface area (Å²) in [6, 6.07) is 9.32. The first-order valence-electron chi connectivity index (χ1n) is 10.7. The molecule has 168 valence electrons. The Morgan fingerprint density at radius 3 is 2.78 bits per heavy atom. The number of hydrogen-bond acceptors (Lipinski definition) is 4. The second-order valence-electron chi connectivity index (χ2n) is 8.12. The maximum Gasteiger partial charge on any atom is 0.286 e. The van der Waals surface area contributed by atoms with E-state index in [1.807, 2.05) is 6.07 Å². The van der Waals surface area contributed by atoms with Crippen molar-refractivity contribution < 1.29 is 22.8 Å². The third-order valence-electron chi connectivity index (χ3n) is 5.97. The van der Waals surface area contributed by atoms with Gasteiger partial charge in [0.2, 0.25) is 5.76 Å². The number of carbonyl (C=O) groups excluding carboxylic acids is 2. The van der Waals surface area contributed by atoms with Crippen LogP contribution in [0.4, 0.5) is 14.5 Å². The van der Waals surface area contributed by atoms with Gasteiger partial charge in [-0.25, -0.2) is 8.78 Å². The van der Waals surface area contributed by atoms with Gasteiger partial charge in [0.25, 0.3) is 11.8 Å². The van der Waals surface area contributed by atoms with Crippen molar-refractivity contribution in [3.8, 4) is 0 Å². The standard InChI is InChI=1S/C24H25F2N3O3/c1-2-17-8-3-4-9-29(17)13-14-6-5-7-15(10-14)24(31)28-20-18-11-16(25)12-19(26)21(18)32-22(20)23(27)30/h5-7,10-12,17H,2-4,8-9,13H2,1H3,(H2,27,30)(H,28,31). The van der Waals surface area contributed by atoms with Gasteiger partial charge in [0.05, 0.1) is 5.39 Å². The first-order chi connectivity index (χ1) is 15.4. The molecule has 1 aliphatic heterocycles. The number of nitrogens with one attached hydrogen (secondary N) is 1. The van der Waals surface area contributed by atoms with Crippen molar-refractivity contribution in [2.24, 2.45) is 5.73 Å². The Kier molecular flexibility index (Phi) is 6.23. The van der Waals surface area contributed by atoms with Crippen molar-refractivity contribution in [3.63, 3.8) is 0 Å². The number of rotatable bonds is 6. The van der Waals surface area contributed by atoms with E-state index < -0.39 is 29.2 Å². The van der Waals surface area contributed by atoms with Crippen LogP contribution in [0.15, 0.2) is 40.8 Å². The zero-order chi connectivity index (χ0) is 22.8. The summed E-state index contributed by atoms with van der Waals surface area (Å²) < 4.78 is 33.1. The first-order valence-corrected chi connectivity index (χ1v) is 10.7. The predicted molar refractivity (Wildman–Crippen MR) is 117 cm³/mol. The number of piperidine rings is 1. The van der Waals surface area contributed by atoms with E-state index in [0.29, 0.717) is 17.7 Å². The van der Waals surface area contributed by atoms with Gasteiger partial charge in [-0.1, -0.05) is 25.5 Å². The lowest BCUT2D eigenvalue weighted by Crippen LogP contribution is -2.38. The lowest BCUT2D eigenvalue weighted by atomic mass is 9.99. The van der Waals surface area contributed by atoms with Crippen LogP contribution < -0.4 is 11.1 Å². The lowest BCUT2D eigenvalue weighted by Gasteiger charge is -2.35. The molecular weight excluding hydrogens is 416 g/mol. The second-order valence-corrected chi connectivity index (χ2v) is 8.12. The molecule has 2 aromatic carbocycles. The molecule has 2 heterocycles. The Balaban J connectivity index is 1.61. The minimum atomic E-state index is -0.999. The molecule has 32 heavy (non-hydrogen) atoms. The van der Waals surface area contributed by atoms with Gasteiger partial charge in [0.15, 0.2) is 11.4 Å². The van der Waals surface area contributed by atoms with E-state index >= 15 is 0 Å². The van der Waals surface area contributed by atoms with Crippen molar-refractivity contribution in [3.05, 3.63) is 64.9 Å². The largest absolute Gasteiger partial charge is 0.446 e. The Labute approximate surface area is 184 Å². The van der Waals surface area contributed by atoms with Crippen LogP contribution in [0, 0.1) is 11.6 Å². The molecule has 0 radical (unpaired) electrons. The molecule has 1 saturated heterocycles. The number of likely N-dealkylation sites (tertiary alicyclic amines) is 1. The van der Waals surface area contributed by atoms with Crippen molar-refractivity contribution in [2.75, 3.05) is 11.9 Å². The van der Waals surface area contributed by atoms with Crippen molar-refractivity contribution in [2.45, 2.75) is 45.2 Å². The number of anilines is 1. The topological polar surface area (TPSA) is 88.6 Å². The first kappa shape index (κ1) is 22.0. The Bertz CT molecular complexity index is 1170. The van der Waals surface area contributed by atoms with Gasteiger partial charge in [-0.05, 0) is 49.6 Å². The summed E-state index contributed by atoms with van der Waals surface area (Å²) in [7, 11) is 0. The maximum absolute atomic E-state index is 14.1. The molecule has 1 fully saturated rings. The molecule has 4 rings (SSSR count). The van der Waals surface area contributed by atoms with Crippen LogP contribution in [0.1, 0.15) is 59.1 Å². The fraction of sp³-hybridized carbons (Fsp3) is 0.333. The van der Waals surface area contributed by atoms with Gasteiger partial charge >= 0.3 is 0 Å². The summed E-state index contributed by atoms with van der Waals surface area (Å²) in [4.78, 5) is 27.2. The van der Waals surface area contributed by atoms with Crippen LogP contribution in [0.3, 0.4) is 0 Å². The number of nitrogens with two attached hydrogens (primary N) is 1. The highest BCUT2D eigenvalue weighted by Crippen LogP contribution is 2.33. The number of fused-ring (bicyclic) bond motifs is 1. The molecule has 3 aromatic rings. The Hall–Kier alpha value is -3.26. The summed E-state index contributed by atoms with van der Waals surface area (Å²) in [5.74, 6) is -3.82. The van der Waals surface area contributed by atoms with Crippen LogP contribution in [-0.4, -0.2) is 29.3 Å². The van der Waals surface area contributed by atoms with Crippen LogP contribution in [0.25, 0.3) is 11.0 Å². The lowest BCUT2D eigenvalue weighted by molar-refractivity contribution is 0.0977. The Morgan fingerprint density at radius 1 is 1.22 bits per heavy atom. The van der Waals surface area contributed by atoms with E-state index in [0.717, 1.165) is 37.6 Å². The Morgan fingerprint density at radius 2 is 2.03 bits per heavy atom. The predicted octanol–water partition coefficient (Wildman–Crippen LogP) is 4.83. The summed E-state index contributed by atoms with van der Waals surface area (Å²) in [5, 5.41) is 2.49. The van der Waals surface area contributed by atoms with Gasteiger partial charge < -0.3 is 15.5 Å². The molecule has 1 aromatic heterocycles. The molecule has 2 amide bonds. The average Bonchev–Trinajstić information content (AvgIpc) is 3.13. The van der Waals surface area contributed by atoms with Gasteiger partial charge in [-0.3, -0.25) is 14.5 Å². The van der Waals surface area contributed by atoms with Crippen LogP contribution in [0.2, 0.25) is 0 Å². The highest BCUT2D eigenvalue weighted by Gasteiger charge is 2.24. The van der Waals surface area contributed by atoms with E-state index in [-0.39, 0.29) is 16.7 Å². The number of benzene rings is 2. The second kappa shape index (κ2) is 9.08. The molecule has 6 nitrogen and oxygen atoms in total. The highest BCUT2D eigenvalue weighted by atomic mass is 19.1. The third kappa shape index (κ3) is 4.36. The summed E-state index contributed by atoms with van der Waals surface area (Å²) in [5.41, 5.74) is 6.18. The maximum atomic E-state index is 14.1. The zero-order valence-electron chi connectivity index (χ0n) is 17.8. The summed E-state index contributed by atoms with van der Waals surface area (Å²) in [6.45, 7) is 3.94. The van der Waals surface area contributed by atoms with Gasteiger partial charge in [0.1, 0.15) is 11.5 Å². The fourth-order valence-corrected chi connectivity index (χ4v) is 4.38. The van der Waals surface area contributed by atoms with Crippen LogP contribution in [-0.2, 0) is 6.54 Å². The van der Waals surface area contributed by atoms with Crippen LogP contribution in [0.5, 0.6) is 0 Å². The number of hydrogen-bond donors (Lipinski definition) is 2. The van der Waals surface area contributed by atoms with Crippen molar-refractivity contribution >= 4 is 28.5 Å². The van der Waals surface area contributed by atoms with Gasteiger partial charge in [0, 0.05) is 24.2 Å². The molecule has 3 N–H and O–H groups in total. The number of furan rings is 1. The molecule has 0 bridgehead atoms. The van der Waals surface area contributed by atoms with Crippen molar-refractivity contribution in [1.29, 1.82) is 0 Å². The molecule has 0 saturated carbocycles. The number of primary amides is 1. The van der Waals surface area contributed by atoms with Gasteiger partial charge in [-0.15, -0.1) is 0 Å². The quantitative estimate of drug-likeness (QED) is 0.574. The summed E-state index contributed by atoms with van der Waals surface area (Å²) >= 11 is 0. The van der Waals surface area contributed by atoms with E-state index in [9.17, 15) is 18.4 Å². The molecule has 1 atom stereocenters. The smallest absolute Gasteiger partial charge is 0.286 e. The van der Waals surface area contributed by atoms with Gasteiger partial charge in [-0.2, -0.15) is 0 Å². The molecule has 8 heteroatoms. The monoisotopic (exact) mass is 441 g/mol. The van der Waals surface area contributed by atoms with E-state index in [4.69, 9.17) is 10.2 Å². The van der Waals surface area contributed by atoms with E-state index in [1.54, 1.807) is 18.2 Å². The summed E-state index contributed by atoms with van der Waals surface area (Å²) in [6.07, 6.45) is 4.65. The average molecular weight is 441 g/mol. The normalized spacial score (nSPS) is 16.9. The molecule has 1 unspecified atom stereocenters. The molecule has 0 spiro atoms. The fourth-order valence-electron chi connectivity index (χ4n) is 4.38. The third-order valence-corrected chi connectivity index (χ3v) is 5.97. The minimum Gasteiger partial charge on any atom is -0.446 e. The minimum absolute atomic E-state index is 0.0695. The number of carbonyl (C=O) groups is 2. The highest BCUT2D eigenvalue weighted by molar-refractivity contribution is 6.14. The molecule has 0 aliphatic carbocycles. The molecule has 1 aliphatic rings. The number of halogens is 2. The SMILES string of the molecule is CCC1CCCCN1Cc1cccc(C(=O)Nc2c(C(N)=O)oc3c(F)cc(F)cc23)c1. The van der Waals surface area contributed by atoms with E-state index in [1.165, 1.54) is 12.8 Å². The van der Waals surface area contributed by atoms with Crippen LogP contribution >= 0.6 is 0 Å². The molecular formula is C24H25F2N3O3.